The zero-order valence-corrected chi connectivity index (χ0v) is 14.6. The standard InChI is InChI=1S/C18H15NO3S2/c1-2-23-18-17-15(12-22-18)14-10-6-7-11-16(14)19(17)24(20,21)13-8-4-3-5-9-13/h3-12H,2H2,1H3. The SMILES string of the molecule is CCSc1occ2c3ccccc3n(S(=O)(=O)c3ccccc3)c12. The van der Waals surface area contributed by atoms with Gasteiger partial charge in [-0.15, -0.1) is 0 Å². The van der Waals surface area contributed by atoms with E-state index in [9.17, 15) is 8.42 Å². The summed E-state index contributed by atoms with van der Waals surface area (Å²) in [4.78, 5) is 0.265. The molecule has 0 radical (unpaired) electrons. The molecule has 0 aliphatic heterocycles. The first kappa shape index (κ1) is 15.4. The lowest BCUT2D eigenvalue weighted by Gasteiger charge is -2.09. The molecule has 0 N–H and O–H groups in total. The van der Waals surface area contributed by atoms with E-state index in [1.807, 2.05) is 31.2 Å². The van der Waals surface area contributed by atoms with Gasteiger partial charge in [-0.25, -0.2) is 12.4 Å². The highest BCUT2D eigenvalue weighted by Crippen LogP contribution is 2.39. The summed E-state index contributed by atoms with van der Waals surface area (Å²) in [6.07, 6.45) is 1.65. The predicted molar refractivity (Wildman–Crippen MR) is 97.1 cm³/mol. The number of para-hydroxylation sites is 1. The third-order valence-electron chi connectivity index (χ3n) is 3.91. The molecule has 0 saturated carbocycles. The van der Waals surface area contributed by atoms with Gasteiger partial charge >= 0.3 is 0 Å². The minimum absolute atomic E-state index is 0.265. The lowest BCUT2D eigenvalue weighted by atomic mass is 10.2. The van der Waals surface area contributed by atoms with Gasteiger partial charge in [0.05, 0.1) is 10.4 Å². The van der Waals surface area contributed by atoms with Gasteiger partial charge in [0.15, 0.2) is 5.09 Å². The van der Waals surface area contributed by atoms with E-state index in [0.717, 1.165) is 16.5 Å². The van der Waals surface area contributed by atoms with Crippen molar-refractivity contribution in [3.05, 3.63) is 60.9 Å². The molecule has 6 heteroatoms. The molecule has 4 nitrogen and oxygen atoms in total. The smallest absolute Gasteiger partial charge is 0.268 e. The van der Waals surface area contributed by atoms with Gasteiger partial charge in [0, 0.05) is 10.8 Å². The largest absolute Gasteiger partial charge is 0.455 e. The first-order valence-corrected chi connectivity index (χ1v) is 10.0. The van der Waals surface area contributed by atoms with Gasteiger partial charge in [0.2, 0.25) is 0 Å². The normalized spacial score (nSPS) is 12.2. The van der Waals surface area contributed by atoms with Gasteiger partial charge < -0.3 is 4.42 Å². The predicted octanol–water partition coefficient (Wildman–Crippen LogP) is 4.74. The van der Waals surface area contributed by atoms with E-state index in [-0.39, 0.29) is 4.90 Å². The molecule has 4 aromatic rings. The lowest BCUT2D eigenvalue weighted by molar-refractivity contribution is 0.479. The number of furan rings is 1. The lowest BCUT2D eigenvalue weighted by Crippen LogP contribution is -2.12. The second kappa shape index (κ2) is 5.72. The Morgan fingerprint density at radius 1 is 1.00 bits per heavy atom. The van der Waals surface area contributed by atoms with Crippen LogP contribution in [0.25, 0.3) is 21.8 Å². The van der Waals surface area contributed by atoms with E-state index >= 15 is 0 Å². The molecule has 2 aromatic carbocycles. The summed E-state index contributed by atoms with van der Waals surface area (Å²) in [7, 11) is -3.72. The molecule has 2 heterocycles. The highest BCUT2D eigenvalue weighted by Gasteiger charge is 2.26. The summed E-state index contributed by atoms with van der Waals surface area (Å²) in [6, 6.07) is 16.0. The minimum Gasteiger partial charge on any atom is -0.455 e. The summed E-state index contributed by atoms with van der Waals surface area (Å²) in [5.74, 6) is 0.801. The van der Waals surface area contributed by atoms with Crippen molar-refractivity contribution in [2.45, 2.75) is 16.9 Å². The zero-order valence-electron chi connectivity index (χ0n) is 13.0. The molecule has 24 heavy (non-hydrogen) atoms. The molecule has 4 rings (SSSR count). The summed E-state index contributed by atoms with van der Waals surface area (Å²) in [5, 5.41) is 2.32. The molecule has 0 bridgehead atoms. The Morgan fingerprint density at radius 3 is 2.46 bits per heavy atom. The number of benzene rings is 2. The fourth-order valence-corrected chi connectivity index (χ4v) is 5.22. The second-order valence-electron chi connectivity index (χ2n) is 5.32. The van der Waals surface area contributed by atoms with E-state index in [2.05, 4.69) is 0 Å². The third-order valence-corrected chi connectivity index (χ3v) is 6.47. The zero-order chi connectivity index (χ0) is 16.7. The van der Waals surface area contributed by atoms with Gasteiger partial charge in [0.25, 0.3) is 10.0 Å². The Bertz CT molecular complexity index is 1130. The van der Waals surface area contributed by atoms with Crippen LogP contribution >= 0.6 is 11.8 Å². The van der Waals surface area contributed by atoms with E-state index in [0.29, 0.717) is 16.1 Å². The maximum Gasteiger partial charge on any atom is 0.268 e. The van der Waals surface area contributed by atoms with Crippen LogP contribution in [0.3, 0.4) is 0 Å². The quantitative estimate of drug-likeness (QED) is 0.495. The summed E-state index contributed by atoms with van der Waals surface area (Å²) in [6.45, 7) is 2.01. The van der Waals surface area contributed by atoms with Gasteiger partial charge in [-0.05, 0) is 24.0 Å². The van der Waals surface area contributed by atoms with E-state index in [4.69, 9.17) is 4.42 Å². The van der Waals surface area contributed by atoms with Crippen molar-refractivity contribution in [2.75, 3.05) is 5.75 Å². The molecular weight excluding hydrogens is 342 g/mol. The van der Waals surface area contributed by atoms with Crippen LogP contribution in [0, 0.1) is 0 Å². The molecule has 122 valence electrons. The molecule has 0 amide bonds. The average molecular weight is 357 g/mol. The van der Waals surface area contributed by atoms with Crippen LogP contribution in [0.15, 0.2) is 75.3 Å². The number of hydrogen-bond donors (Lipinski definition) is 0. The summed E-state index contributed by atoms with van der Waals surface area (Å²) < 4.78 is 33.6. The summed E-state index contributed by atoms with van der Waals surface area (Å²) >= 11 is 1.50. The van der Waals surface area contributed by atoms with Crippen LogP contribution < -0.4 is 0 Å². The van der Waals surface area contributed by atoms with Gasteiger partial charge in [-0.2, -0.15) is 0 Å². The first-order chi connectivity index (χ1) is 11.6. The second-order valence-corrected chi connectivity index (χ2v) is 8.34. The van der Waals surface area contributed by atoms with Crippen LogP contribution in [0.2, 0.25) is 0 Å². The first-order valence-electron chi connectivity index (χ1n) is 7.58. The Balaban J connectivity index is 2.14. The molecule has 0 spiro atoms. The molecule has 0 fully saturated rings. The van der Waals surface area contributed by atoms with Gasteiger partial charge in [-0.3, -0.25) is 0 Å². The number of aromatic nitrogens is 1. The Hall–Kier alpha value is -2.18. The molecule has 0 aliphatic rings. The molecule has 0 atom stereocenters. The highest BCUT2D eigenvalue weighted by atomic mass is 32.2. The third kappa shape index (κ3) is 2.17. The molecule has 2 aromatic heterocycles. The van der Waals surface area contributed by atoms with Crippen molar-refractivity contribution >= 4 is 43.6 Å². The molecule has 0 saturated heterocycles. The number of nitrogens with zero attached hydrogens (tertiary/aromatic N) is 1. The van der Waals surface area contributed by atoms with Crippen LogP contribution in [0.4, 0.5) is 0 Å². The van der Waals surface area contributed by atoms with Crippen LogP contribution in [0.5, 0.6) is 0 Å². The van der Waals surface area contributed by atoms with E-state index in [1.54, 1.807) is 36.6 Å². The average Bonchev–Trinajstić information content (AvgIpc) is 3.15. The monoisotopic (exact) mass is 357 g/mol. The van der Waals surface area contributed by atoms with Crippen molar-refractivity contribution in [2.24, 2.45) is 0 Å². The fourth-order valence-electron chi connectivity index (χ4n) is 2.90. The number of hydrogen-bond acceptors (Lipinski definition) is 4. The molecular formula is C18H15NO3S2. The maximum atomic E-state index is 13.3. The fraction of sp³-hybridized carbons (Fsp3) is 0.111. The van der Waals surface area contributed by atoms with Crippen molar-refractivity contribution < 1.29 is 12.8 Å². The van der Waals surface area contributed by atoms with Gasteiger partial charge in [0.1, 0.15) is 11.8 Å². The van der Waals surface area contributed by atoms with Crippen LogP contribution in [0.1, 0.15) is 6.92 Å². The van der Waals surface area contributed by atoms with Crippen LogP contribution in [-0.2, 0) is 10.0 Å². The highest BCUT2D eigenvalue weighted by molar-refractivity contribution is 7.99. The van der Waals surface area contributed by atoms with E-state index < -0.39 is 10.0 Å². The topological polar surface area (TPSA) is 52.2 Å². The Morgan fingerprint density at radius 2 is 1.71 bits per heavy atom. The Labute approximate surface area is 144 Å². The Kier molecular flexibility index (Phi) is 3.66. The van der Waals surface area contributed by atoms with Gasteiger partial charge in [-0.1, -0.05) is 55.1 Å². The van der Waals surface area contributed by atoms with Crippen molar-refractivity contribution in [3.63, 3.8) is 0 Å². The van der Waals surface area contributed by atoms with Crippen molar-refractivity contribution in [1.82, 2.24) is 3.97 Å². The van der Waals surface area contributed by atoms with Crippen molar-refractivity contribution in [3.8, 4) is 0 Å². The number of thioether (sulfide) groups is 1. The number of rotatable bonds is 4. The minimum atomic E-state index is -3.72. The summed E-state index contributed by atoms with van der Waals surface area (Å²) in [5.41, 5.74) is 1.28. The van der Waals surface area contributed by atoms with Crippen LogP contribution in [-0.4, -0.2) is 18.1 Å². The maximum absolute atomic E-state index is 13.3. The van der Waals surface area contributed by atoms with Crippen molar-refractivity contribution in [1.29, 1.82) is 0 Å². The number of fused-ring (bicyclic) bond motifs is 3. The molecule has 0 unspecified atom stereocenters. The molecule has 0 aliphatic carbocycles. The van der Waals surface area contributed by atoms with E-state index in [1.165, 1.54) is 15.7 Å².